The van der Waals surface area contributed by atoms with E-state index in [0.29, 0.717) is 0 Å². The Labute approximate surface area is 175 Å². The molecular formula is C17H27IN6OS. The number of hydrogen-bond acceptors (Lipinski definition) is 6. The summed E-state index contributed by atoms with van der Waals surface area (Å²) in [4.78, 5) is 15.2. The first-order valence-electron chi connectivity index (χ1n) is 8.80. The van der Waals surface area contributed by atoms with Gasteiger partial charge in [-0.3, -0.25) is 9.89 Å². The van der Waals surface area contributed by atoms with Crippen LogP contribution in [-0.2, 0) is 13.0 Å². The van der Waals surface area contributed by atoms with Crippen LogP contribution in [0.15, 0.2) is 28.0 Å². The maximum absolute atomic E-state index is 4.91. The molecule has 144 valence electrons. The second-order valence-corrected chi connectivity index (χ2v) is 7.42. The fraction of sp³-hybridized carbons (Fsp3) is 0.588. The molecule has 1 saturated heterocycles. The van der Waals surface area contributed by atoms with Gasteiger partial charge in [-0.1, -0.05) is 5.16 Å². The lowest BCUT2D eigenvalue weighted by Gasteiger charge is -2.36. The van der Waals surface area contributed by atoms with Crippen LogP contribution in [0.1, 0.15) is 22.5 Å². The van der Waals surface area contributed by atoms with Gasteiger partial charge >= 0.3 is 0 Å². The van der Waals surface area contributed by atoms with Crippen molar-refractivity contribution in [2.24, 2.45) is 4.99 Å². The Kier molecular flexibility index (Phi) is 8.79. The van der Waals surface area contributed by atoms with E-state index in [1.54, 1.807) is 17.6 Å². The van der Waals surface area contributed by atoms with Crippen LogP contribution in [0.4, 0.5) is 0 Å². The summed E-state index contributed by atoms with van der Waals surface area (Å²) >= 11 is 1.76. The minimum atomic E-state index is 0. The summed E-state index contributed by atoms with van der Waals surface area (Å²) in [6, 6.07) is 1.93. The minimum Gasteiger partial charge on any atom is -0.364 e. The van der Waals surface area contributed by atoms with E-state index in [1.807, 2.05) is 12.3 Å². The summed E-state index contributed by atoms with van der Waals surface area (Å²) in [7, 11) is 0. The van der Waals surface area contributed by atoms with Crippen molar-refractivity contribution in [3.8, 4) is 0 Å². The second-order valence-electron chi connectivity index (χ2n) is 6.10. The van der Waals surface area contributed by atoms with E-state index in [2.05, 4.69) is 39.1 Å². The third-order valence-corrected chi connectivity index (χ3v) is 5.11. The maximum Gasteiger partial charge on any atom is 0.194 e. The molecule has 3 heterocycles. The van der Waals surface area contributed by atoms with Crippen LogP contribution < -0.4 is 5.32 Å². The summed E-state index contributed by atoms with van der Waals surface area (Å²) in [5, 5.41) is 8.57. The van der Waals surface area contributed by atoms with Gasteiger partial charge in [0.2, 0.25) is 0 Å². The number of rotatable bonds is 6. The van der Waals surface area contributed by atoms with Crippen molar-refractivity contribution >= 4 is 41.3 Å². The predicted molar refractivity (Wildman–Crippen MR) is 115 cm³/mol. The fourth-order valence-electron chi connectivity index (χ4n) is 2.87. The molecule has 26 heavy (non-hydrogen) atoms. The van der Waals surface area contributed by atoms with Gasteiger partial charge < -0.3 is 14.7 Å². The molecular weight excluding hydrogens is 463 g/mol. The van der Waals surface area contributed by atoms with Crippen molar-refractivity contribution in [2.75, 3.05) is 39.3 Å². The molecule has 0 bridgehead atoms. The number of nitrogens with zero attached hydrogens (tertiary/aromatic N) is 5. The summed E-state index contributed by atoms with van der Waals surface area (Å²) in [5.41, 5.74) is 0.993. The lowest BCUT2D eigenvalue weighted by Crippen LogP contribution is -2.52. The molecule has 2 aromatic rings. The van der Waals surface area contributed by atoms with Crippen LogP contribution in [0.2, 0.25) is 0 Å². The molecule has 0 aliphatic carbocycles. The van der Waals surface area contributed by atoms with E-state index in [9.17, 15) is 0 Å². The zero-order chi connectivity index (χ0) is 17.5. The molecule has 7 nitrogen and oxygen atoms in total. The van der Waals surface area contributed by atoms with Crippen LogP contribution in [0.25, 0.3) is 0 Å². The molecule has 0 radical (unpaired) electrons. The van der Waals surface area contributed by atoms with Crippen molar-refractivity contribution in [3.63, 3.8) is 0 Å². The highest BCUT2D eigenvalue weighted by molar-refractivity contribution is 14.0. The molecule has 1 N–H and O–H groups in total. The minimum absolute atomic E-state index is 0. The third kappa shape index (κ3) is 6.20. The first-order valence-corrected chi connectivity index (χ1v) is 9.62. The normalized spacial score (nSPS) is 15.8. The molecule has 0 aromatic carbocycles. The van der Waals surface area contributed by atoms with Crippen LogP contribution in [0.5, 0.6) is 0 Å². The van der Waals surface area contributed by atoms with Crippen molar-refractivity contribution in [1.82, 2.24) is 25.3 Å². The highest BCUT2D eigenvalue weighted by Gasteiger charge is 2.20. The number of halogens is 1. The molecule has 1 aliphatic heterocycles. The van der Waals surface area contributed by atoms with Gasteiger partial charge in [0, 0.05) is 69.4 Å². The highest BCUT2D eigenvalue weighted by atomic mass is 127. The number of aryl methyl sites for hydroxylation is 1. The van der Waals surface area contributed by atoms with Crippen molar-refractivity contribution < 1.29 is 4.52 Å². The first-order chi connectivity index (χ1) is 12.2. The Bertz CT molecular complexity index is 667. The van der Waals surface area contributed by atoms with Gasteiger partial charge in [-0.2, -0.15) is 0 Å². The van der Waals surface area contributed by atoms with Gasteiger partial charge in [0.15, 0.2) is 5.96 Å². The summed E-state index contributed by atoms with van der Waals surface area (Å²) < 4.78 is 4.91. The summed E-state index contributed by atoms with van der Waals surface area (Å²) in [6.45, 7) is 10.7. The van der Waals surface area contributed by atoms with E-state index in [-0.39, 0.29) is 24.0 Å². The van der Waals surface area contributed by atoms with Crippen LogP contribution in [-0.4, -0.2) is 65.2 Å². The SMILES string of the molecule is CCNC(=NCCc1ncc(C)s1)N1CCN(Cc2ccon2)CC1.I. The predicted octanol–water partition coefficient (Wildman–Crippen LogP) is 2.38. The Balaban J connectivity index is 0.00000243. The van der Waals surface area contributed by atoms with Crippen molar-refractivity contribution in [1.29, 1.82) is 0 Å². The van der Waals surface area contributed by atoms with Crippen LogP contribution >= 0.6 is 35.3 Å². The Morgan fingerprint density at radius 3 is 2.77 bits per heavy atom. The third-order valence-electron chi connectivity index (χ3n) is 4.14. The number of guanidine groups is 1. The van der Waals surface area contributed by atoms with E-state index >= 15 is 0 Å². The van der Waals surface area contributed by atoms with Gasteiger partial charge in [-0.25, -0.2) is 4.98 Å². The smallest absolute Gasteiger partial charge is 0.194 e. The molecule has 9 heteroatoms. The molecule has 0 amide bonds. The van der Waals surface area contributed by atoms with E-state index < -0.39 is 0 Å². The standard InChI is InChI=1S/C17H26N6OS.HI/c1-3-18-17(19-6-4-16-20-12-14(2)25-16)23-9-7-22(8-10-23)13-15-5-11-24-21-15;/h5,11-12H,3-4,6-10,13H2,1-2H3,(H,18,19);1H. The van der Waals surface area contributed by atoms with Gasteiger partial charge in [-0.15, -0.1) is 35.3 Å². The number of piperazine rings is 1. The second kappa shape index (κ2) is 10.8. The summed E-state index contributed by atoms with van der Waals surface area (Å²) in [5.74, 6) is 1.01. The van der Waals surface area contributed by atoms with E-state index in [4.69, 9.17) is 9.52 Å². The number of aliphatic imine (C=N–C) groups is 1. The van der Waals surface area contributed by atoms with Gasteiger partial charge in [0.05, 0.1) is 10.7 Å². The zero-order valence-electron chi connectivity index (χ0n) is 15.3. The number of thiazole rings is 1. The lowest BCUT2D eigenvalue weighted by molar-refractivity contribution is 0.169. The molecule has 0 unspecified atom stereocenters. The topological polar surface area (TPSA) is 69.8 Å². The Hall–Kier alpha value is -1.20. The molecule has 0 spiro atoms. The fourth-order valence-corrected chi connectivity index (χ4v) is 3.64. The largest absolute Gasteiger partial charge is 0.364 e. The first kappa shape index (κ1) is 21.1. The summed E-state index contributed by atoms with van der Waals surface area (Å²) in [6.07, 6.45) is 4.47. The number of nitrogens with one attached hydrogen (secondary N) is 1. The van der Waals surface area contributed by atoms with Gasteiger partial charge in [0.1, 0.15) is 6.26 Å². The van der Waals surface area contributed by atoms with E-state index in [0.717, 1.165) is 68.9 Å². The molecule has 3 rings (SSSR count). The molecule has 0 saturated carbocycles. The molecule has 1 fully saturated rings. The maximum atomic E-state index is 4.91. The van der Waals surface area contributed by atoms with Gasteiger partial charge in [0.25, 0.3) is 0 Å². The van der Waals surface area contributed by atoms with Crippen LogP contribution in [0, 0.1) is 6.92 Å². The lowest BCUT2D eigenvalue weighted by atomic mass is 10.3. The average molecular weight is 490 g/mol. The Morgan fingerprint density at radius 2 is 2.15 bits per heavy atom. The van der Waals surface area contributed by atoms with Crippen LogP contribution in [0.3, 0.4) is 0 Å². The van der Waals surface area contributed by atoms with Crippen molar-refractivity contribution in [3.05, 3.63) is 34.1 Å². The quantitative estimate of drug-likeness (QED) is 0.381. The zero-order valence-corrected chi connectivity index (χ0v) is 18.5. The molecule has 0 atom stereocenters. The van der Waals surface area contributed by atoms with Gasteiger partial charge in [-0.05, 0) is 13.8 Å². The average Bonchev–Trinajstić information content (AvgIpc) is 3.27. The molecule has 1 aliphatic rings. The monoisotopic (exact) mass is 490 g/mol. The van der Waals surface area contributed by atoms with Crippen molar-refractivity contribution in [2.45, 2.75) is 26.8 Å². The molecule has 2 aromatic heterocycles. The Morgan fingerprint density at radius 1 is 1.35 bits per heavy atom. The number of aromatic nitrogens is 2. The number of hydrogen-bond donors (Lipinski definition) is 1. The van der Waals surface area contributed by atoms with E-state index in [1.165, 1.54) is 4.88 Å². The highest BCUT2D eigenvalue weighted by Crippen LogP contribution is 2.12.